The number of benzene rings is 1. The fourth-order valence-corrected chi connectivity index (χ4v) is 3.42. The zero-order chi connectivity index (χ0) is 16.2. The number of hydrogen-bond donors (Lipinski definition) is 2. The molecule has 4 heteroatoms. The first-order valence-corrected chi connectivity index (χ1v) is 8.19. The van der Waals surface area contributed by atoms with Crippen molar-refractivity contribution >= 4 is 11.6 Å². The Morgan fingerprint density at radius 1 is 1.23 bits per heavy atom. The maximum Gasteiger partial charge on any atom is 0.193 e. The molecule has 0 unspecified atom stereocenters. The van der Waals surface area contributed by atoms with Crippen LogP contribution in [-0.2, 0) is 0 Å². The highest BCUT2D eigenvalue weighted by atomic mass is 15.1. The molecule has 0 aliphatic heterocycles. The van der Waals surface area contributed by atoms with Gasteiger partial charge >= 0.3 is 0 Å². The number of rotatable bonds is 5. The van der Waals surface area contributed by atoms with Crippen LogP contribution >= 0.6 is 0 Å². The van der Waals surface area contributed by atoms with E-state index in [1.807, 2.05) is 0 Å². The van der Waals surface area contributed by atoms with Crippen molar-refractivity contribution in [2.45, 2.75) is 39.5 Å². The van der Waals surface area contributed by atoms with Gasteiger partial charge in [-0.05, 0) is 64.0 Å². The predicted molar refractivity (Wildman–Crippen MR) is 95.5 cm³/mol. The van der Waals surface area contributed by atoms with Gasteiger partial charge in [-0.3, -0.25) is 4.99 Å². The monoisotopic (exact) mass is 302 g/mol. The molecule has 1 fully saturated rings. The first-order valence-electron chi connectivity index (χ1n) is 8.19. The number of guanidine groups is 1. The van der Waals surface area contributed by atoms with Crippen LogP contribution in [0.3, 0.4) is 0 Å². The minimum absolute atomic E-state index is 0.305. The molecular formula is C18H30N4. The van der Waals surface area contributed by atoms with Crippen molar-refractivity contribution in [1.29, 1.82) is 0 Å². The molecule has 1 aliphatic rings. The Kier molecular flexibility index (Phi) is 5.46. The van der Waals surface area contributed by atoms with Crippen LogP contribution in [0.1, 0.15) is 36.8 Å². The molecule has 0 spiro atoms. The molecule has 22 heavy (non-hydrogen) atoms. The second kappa shape index (κ2) is 7.14. The number of nitrogens with one attached hydrogen (secondary N) is 1. The first kappa shape index (κ1) is 16.8. The highest BCUT2D eigenvalue weighted by Gasteiger charge is 2.34. The number of hydrogen-bond acceptors (Lipinski definition) is 2. The molecular weight excluding hydrogens is 272 g/mol. The maximum absolute atomic E-state index is 6.09. The lowest BCUT2D eigenvalue weighted by Crippen LogP contribution is -2.35. The van der Waals surface area contributed by atoms with Crippen molar-refractivity contribution in [3.63, 3.8) is 0 Å². The third-order valence-corrected chi connectivity index (χ3v) is 4.68. The van der Waals surface area contributed by atoms with Gasteiger partial charge in [-0.25, -0.2) is 0 Å². The highest BCUT2D eigenvalue weighted by molar-refractivity contribution is 5.92. The zero-order valence-corrected chi connectivity index (χ0v) is 14.4. The molecule has 0 amide bonds. The lowest BCUT2D eigenvalue weighted by molar-refractivity contribution is 0.210. The van der Waals surface area contributed by atoms with Crippen LogP contribution < -0.4 is 11.1 Å². The quantitative estimate of drug-likeness (QED) is 0.649. The number of aryl methyl sites for hydroxylation is 2. The molecule has 0 bridgehead atoms. The van der Waals surface area contributed by atoms with Gasteiger partial charge in [0.2, 0.25) is 0 Å². The summed E-state index contributed by atoms with van der Waals surface area (Å²) in [5.74, 6) is 0.522. The summed E-state index contributed by atoms with van der Waals surface area (Å²) in [7, 11) is 4.28. The standard InChI is InChI=1S/C18H30N4/c1-14-7-8-16(11-15(14)2)21-17(19)20-12-18(13-22(3)4)9-5-6-10-18/h7-8,11H,5-6,9-10,12-13H2,1-4H3,(H3,19,20,21). The van der Waals surface area contributed by atoms with Gasteiger partial charge in [0.1, 0.15) is 0 Å². The number of aliphatic imine (C=N–C) groups is 1. The molecule has 4 nitrogen and oxygen atoms in total. The second-order valence-corrected chi connectivity index (χ2v) is 7.07. The minimum Gasteiger partial charge on any atom is -0.370 e. The lowest BCUT2D eigenvalue weighted by atomic mass is 9.86. The van der Waals surface area contributed by atoms with Gasteiger partial charge in [-0.15, -0.1) is 0 Å². The smallest absolute Gasteiger partial charge is 0.193 e. The molecule has 2 rings (SSSR count). The van der Waals surface area contributed by atoms with Gasteiger partial charge in [-0.1, -0.05) is 18.9 Å². The summed E-state index contributed by atoms with van der Waals surface area (Å²) in [4.78, 5) is 6.91. The summed E-state index contributed by atoms with van der Waals surface area (Å²) in [6, 6.07) is 6.27. The molecule has 0 heterocycles. The Morgan fingerprint density at radius 3 is 2.50 bits per heavy atom. The highest BCUT2D eigenvalue weighted by Crippen LogP contribution is 2.38. The Balaban J connectivity index is 2.00. The SMILES string of the molecule is Cc1ccc(NC(N)=NCC2(CN(C)C)CCCC2)cc1C. The normalized spacial score (nSPS) is 18.0. The van der Waals surface area contributed by atoms with Gasteiger partial charge in [0.25, 0.3) is 0 Å². The molecule has 122 valence electrons. The maximum atomic E-state index is 6.09. The topological polar surface area (TPSA) is 53.6 Å². The fraction of sp³-hybridized carbons (Fsp3) is 0.611. The average Bonchev–Trinajstić information content (AvgIpc) is 2.89. The predicted octanol–water partition coefficient (Wildman–Crippen LogP) is 3.15. The van der Waals surface area contributed by atoms with E-state index in [-0.39, 0.29) is 0 Å². The zero-order valence-electron chi connectivity index (χ0n) is 14.4. The van der Waals surface area contributed by atoms with Crippen LogP contribution in [0, 0.1) is 19.3 Å². The van der Waals surface area contributed by atoms with E-state index < -0.39 is 0 Å². The van der Waals surface area contributed by atoms with Gasteiger partial charge in [-0.2, -0.15) is 0 Å². The van der Waals surface area contributed by atoms with E-state index in [0.717, 1.165) is 18.8 Å². The van der Waals surface area contributed by atoms with Crippen molar-refractivity contribution < 1.29 is 0 Å². The van der Waals surface area contributed by atoms with Crippen molar-refractivity contribution in [3.8, 4) is 0 Å². The first-order chi connectivity index (χ1) is 10.4. The van der Waals surface area contributed by atoms with E-state index in [4.69, 9.17) is 5.73 Å². The van der Waals surface area contributed by atoms with Gasteiger partial charge in [0.05, 0.1) is 0 Å². The molecule has 1 saturated carbocycles. The molecule has 0 atom stereocenters. The third kappa shape index (κ3) is 4.47. The van der Waals surface area contributed by atoms with Crippen LogP contribution in [0.4, 0.5) is 5.69 Å². The summed E-state index contributed by atoms with van der Waals surface area (Å²) in [5.41, 5.74) is 9.95. The van der Waals surface area contributed by atoms with Crippen LogP contribution in [-0.4, -0.2) is 38.0 Å². The van der Waals surface area contributed by atoms with Gasteiger partial charge in [0, 0.05) is 24.2 Å². The van der Waals surface area contributed by atoms with Crippen molar-refractivity contribution in [1.82, 2.24) is 4.90 Å². The van der Waals surface area contributed by atoms with E-state index in [9.17, 15) is 0 Å². The van der Waals surface area contributed by atoms with E-state index in [0.29, 0.717) is 11.4 Å². The summed E-state index contributed by atoms with van der Waals surface area (Å²) >= 11 is 0. The van der Waals surface area contributed by atoms with Gasteiger partial charge < -0.3 is 16.0 Å². The molecule has 0 aromatic heterocycles. The second-order valence-electron chi connectivity index (χ2n) is 7.07. The van der Waals surface area contributed by atoms with Crippen molar-refractivity contribution in [2.75, 3.05) is 32.5 Å². The van der Waals surface area contributed by atoms with Crippen molar-refractivity contribution in [2.24, 2.45) is 16.1 Å². The number of anilines is 1. The molecule has 1 aromatic carbocycles. The third-order valence-electron chi connectivity index (χ3n) is 4.68. The van der Waals surface area contributed by atoms with Crippen molar-refractivity contribution in [3.05, 3.63) is 29.3 Å². The Morgan fingerprint density at radius 2 is 1.91 bits per heavy atom. The molecule has 3 N–H and O–H groups in total. The lowest BCUT2D eigenvalue weighted by Gasteiger charge is -2.30. The number of nitrogens with two attached hydrogens (primary N) is 1. The average molecular weight is 302 g/mol. The van der Waals surface area contributed by atoms with Crippen LogP contribution in [0.2, 0.25) is 0 Å². The molecule has 0 radical (unpaired) electrons. The van der Waals surface area contributed by atoms with Crippen LogP contribution in [0.5, 0.6) is 0 Å². The van der Waals surface area contributed by atoms with Gasteiger partial charge in [0.15, 0.2) is 5.96 Å². The summed E-state index contributed by atoms with van der Waals surface area (Å²) in [5, 5.41) is 3.22. The largest absolute Gasteiger partial charge is 0.370 e. The molecule has 1 aliphatic carbocycles. The Hall–Kier alpha value is -1.55. The summed E-state index contributed by atoms with van der Waals surface area (Å²) < 4.78 is 0. The van der Waals surface area contributed by atoms with E-state index in [1.54, 1.807) is 0 Å². The number of nitrogens with zero attached hydrogens (tertiary/aromatic N) is 2. The van der Waals surface area contributed by atoms with E-state index in [1.165, 1.54) is 36.8 Å². The minimum atomic E-state index is 0.305. The molecule has 1 aromatic rings. The summed E-state index contributed by atoms with van der Waals surface area (Å²) in [6.07, 6.45) is 5.14. The Labute approximate surface area is 134 Å². The van der Waals surface area contributed by atoms with E-state index >= 15 is 0 Å². The Bertz CT molecular complexity index is 528. The van der Waals surface area contributed by atoms with Crippen LogP contribution in [0.25, 0.3) is 0 Å². The summed E-state index contributed by atoms with van der Waals surface area (Å²) in [6.45, 7) is 6.13. The fourth-order valence-electron chi connectivity index (χ4n) is 3.42. The van der Waals surface area contributed by atoms with Crippen LogP contribution in [0.15, 0.2) is 23.2 Å². The molecule has 0 saturated heterocycles. The van der Waals surface area contributed by atoms with E-state index in [2.05, 4.69) is 61.4 Å².